The number of aryl methyl sites for hydroxylation is 1. The lowest BCUT2D eigenvalue weighted by atomic mass is 9.97. The maximum absolute atomic E-state index is 13.0. The zero-order valence-electron chi connectivity index (χ0n) is 20.0. The number of ether oxygens (including phenoxy) is 1. The van der Waals surface area contributed by atoms with Gasteiger partial charge in [0, 0.05) is 32.2 Å². The highest BCUT2D eigenvalue weighted by molar-refractivity contribution is 7.88. The minimum Gasteiger partial charge on any atom is -0.376 e. The Kier molecular flexibility index (Phi) is 8.20. The molecule has 2 amide bonds. The molecule has 2 aliphatic rings. The lowest BCUT2D eigenvalue weighted by Gasteiger charge is -2.30. The van der Waals surface area contributed by atoms with Crippen molar-refractivity contribution in [2.45, 2.75) is 44.5 Å². The molecule has 8 nitrogen and oxygen atoms in total. The summed E-state index contributed by atoms with van der Waals surface area (Å²) in [7, 11) is -3.46. The Labute approximate surface area is 207 Å². The van der Waals surface area contributed by atoms with Crippen molar-refractivity contribution in [2.75, 3.05) is 31.6 Å². The summed E-state index contributed by atoms with van der Waals surface area (Å²) in [5, 5.41) is 5.78. The van der Waals surface area contributed by atoms with Crippen molar-refractivity contribution in [2.24, 2.45) is 5.92 Å². The number of piperidine rings is 1. The van der Waals surface area contributed by atoms with E-state index in [1.54, 1.807) is 24.3 Å². The fourth-order valence-electron chi connectivity index (χ4n) is 4.59. The molecule has 0 aliphatic carbocycles. The van der Waals surface area contributed by atoms with Crippen molar-refractivity contribution in [3.63, 3.8) is 0 Å². The zero-order valence-corrected chi connectivity index (χ0v) is 20.9. The van der Waals surface area contributed by atoms with Crippen LogP contribution in [0, 0.1) is 12.8 Å². The van der Waals surface area contributed by atoms with Gasteiger partial charge < -0.3 is 15.4 Å². The van der Waals surface area contributed by atoms with E-state index < -0.39 is 10.0 Å². The Balaban J connectivity index is 1.32. The summed E-state index contributed by atoms with van der Waals surface area (Å²) < 4.78 is 32.9. The van der Waals surface area contributed by atoms with E-state index in [1.807, 2.05) is 31.2 Å². The fourth-order valence-corrected chi connectivity index (χ4v) is 6.25. The van der Waals surface area contributed by atoms with E-state index in [9.17, 15) is 18.0 Å². The van der Waals surface area contributed by atoms with E-state index >= 15 is 0 Å². The summed E-state index contributed by atoms with van der Waals surface area (Å²) in [4.78, 5) is 25.7. The Morgan fingerprint density at radius 1 is 1.03 bits per heavy atom. The predicted octanol–water partition coefficient (Wildman–Crippen LogP) is 3.08. The first-order valence-corrected chi connectivity index (χ1v) is 13.8. The summed E-state index contributed by atoms with van der Waals surface area (Å²) in [6.45, 7) is 3.67. The van der Waals surface area contributed by atoms with Gasteiger partial charge in [-0.25, -0.2) is 12.7 Å². The number of benzene rings is 2. The van der Waals surface area contributed by atoms with E-state index in [0.29, 0.717) is 43.7 Å². The summed E-state index contributed by atoms with van der Waals surface area (Å²) in [5.41, 5.74) is 2.60. The van der Waals surface area contributed by atoms with Gasteiger partial charge in [-0.05, 0) is 55.9 Å². The van der Waals surface area contributed by atoms with Gasteiger partial charge in [0.05, 0.1) is 23.1 Å². The van der Waals surface area contributed by atoms with Crippen LogP contribution in [-0.4, -0.2) is 56.9 Å². The first-order valence-electron chi connectivity index (χ1n) is 12.2. The third-order valence-corrected chi connectivity index (χ3v) is 8.59. The molecule has 0 saturated carbocycles. The molecule has 2 aromatic carbocycles. The van der Waals surface area contributed by atoms with Crippen LogP contribution in [0.15, 0.2) is 48.5 Å². The van der Waals surface area contributed by atoms with E-state index in [-0.39, 0.29) is 29.6 Å². The van der Waals surface area contributed by atoms with Gasteiger partial charge in [0.25, 0.3) is 5.91 Å². The standard InChI is InChI=1S/C26H33N3O5S/c1-19-7-2-3-8-21(19)18-35(32,33)29-14-12-20(13-15-29)25(30)28-24-11-5-4-10-23(24)26(31)27-17-22-9-6-16-34-22/h2-5,7-8,10-11,20,22H,6,9,12-18H2,1H3,(H,27,31)(H,28,30)/t22-/m1/s1. The zero-order chi connectivity index (χ0) is 24.8. The van der Waals surface area contributed by atoms with Gasteiger partial charge in [0.15, 0.2) is 0 Å². The van der Waals surface area contributed by atoms with Crippen LogP contribution in [0.1, 0.15) is 47.2 Å². The van der Waals surface area contributed by atoms with Crippen molar-refractivity contribution in [1.82, 2.24) is 9.62 Å². The third kappa shape index (κ3) is 6.48. The number of carbonyl (C=O) groups is 2. The van der Waals surface area contributed by atoms with E-state index in [2.05, 4.69) is 10.6 Å². The lowest BCUT2D eigenvalue weighted by Crippen LogP contribution is -2.42. The van der Waals surface area contributed by atoms with E-state index in [0.717, 1.165) is 30.6 Å². The van der Waals surface area contributed by atoms with Gasteiger partial charge in [-0.15, -0.1) is 0 Å². The minimum absolute atomic E-state index is 0.0352. The Hall–Kier alpha value is -2.75. The number of nitrogens with zero attached hydrogens (tertiary/aromatic N) is 1. The number of carbonyl (C=O) groups excluding carboxylic acids is 2. The molecule has 2 N–H and O–H groups in total. The number of hydrogen-bond donors (Lipinski definition) is 2. The summed E-state index contributed by atoms with van der Waals surface area (Å²) >= 11 is 0. The topological polar surface area (TPSA) is 105 Å². The first kappa shape index (κ1) is 25.3. The average molecular weight is 500 g/mol. The van der Waals surface area contributed by atoms with Crippen molar-refractivity contribution < 1.29 is 22.7 Å². The summed E-state index contributed by atoms with van der Waals surface area (Å²) in [5.74, 6) is -0.804. The second-order valence-corrected chi connectivity index (χ2v) is 11.2. The van der Waals surface area contributed by atoms with Gasteiger partial charge in [-0.3, -0.25) is 9.59 Å². The highest BCUT2D eigenvalue weighted by atomic mass is 32.2. The van der Waals surface area contributed by atoms with Crippen LogP contribution in [0.3, 0.4) is 0 Å². The molecule has 0 spiro atoms. The van der Waals surface area contributed by atoms with Gasteiger partial charge in [0.2, 0.25) is 15.9 Å². The Morgan fingerprint density at radius 2 is 1.74 bits per heavy atom. The number of para-hydroxylation sites is 1. The van der Waals surface area contributed by atoms with Crippen molar-refractivity contribution in [3.05, 3.63) is 65.2 Å². The number of amides is 2. The van der Waals surface area contributed by atoms with Crippen LogP contribution in [-0.2, 0) is 25.3 Å². The van der Waals surface area contributed by atoms with Crippen LogP contribution in [0.5, 0.6) is 0 Å². The smallest absolute Gasteiger partial charge is 0.253 e. The van der Waals surface area contributed by atoms with Gasteiger partial charge in [0.1, 0.15) is 0 Å². The quantitative estimate of drug-likeness (QED) is 0.581. The number of hydrogen-bond acceptors (Lipinski definition) is 5. The number of nitrogens with one attached hydrogen (secondary N) is 2. The largest absolute Gasteiger partial charge is 0.376 e. The second kappa shape index (κ2) is 11.3. The molecule has 2 saturated heterocycles. The number of sulfonamides is 1. The normalized spacial score (nSPS) is 19.4. The van der Waals surface area contributed by atoms with Crippen molar-refractivity contribution >= 4 is 27.5 Å². The third-order valence-electron chi connectivity index (χ3n) is 6.76. The summed E-state index contributed by atoms with van der Waals surface area (Å²) in [6, 6.07) is 14.4. The lowest BCUT2D eigenvalue weighted by molar-refractivity contribution is -0.120. The van der Waals surface area contributed by atoms with Crippen LogP contribution in [0.2, 0.25) is 0 Å². The Morgan fingerprint density at radius 3 is 2.46 bits per heavy atom. The molecule has 9 heteroatoms. The SMILES string of the molecule is Cc1ccccc1CS(=O)(=O)N1CCC(C(=O)Nc2ccccc2C(=O)NC[C@H]2CCCO2)CC1. The van der Waals surface area contributed by atoms with E-state index in [1.165, 1.54) is 4.31 Å². The second-order valence-electron chi connectivity index (χ2n) is 9.24. The monoisotopic (exact) mass is 499 g/mol. The van der Waals surface area contributed by atoms with Crippen LogP contribution < -0.4 is 10.6 Å². The number of anilines is 1. The molecule has 2 fully saturated rings. The molecule has 2 heterocycles. The molecule has 1 atom stereocenters. The highest BCUT2D eigenvalue weighted by Gasteiger charge is 2.32. The van der Waals surface area contributed by atoms with Gasteiger partial charge >= 0.3 is 0 Å². The van der Waals surface area contributed by atoms with Crippen LogP contribution in [0.25, 0.3) is 0 Å². The van der Waals surface area contributed by atoms with E-state index in [4.69, 9.17) is 4.74 Å². The average Bonchev–Trinajstić information content (AvgIpc) is 3.38. The Bertz CT molecular complexity index is 1150. The molecular weight excluding hydrogens is 466 g/mol. The molecule has 2 aliphatic heterocycles. The summed E-state index contributed by atoms with van der Waals surface area (Å²) in [6.07, 6.45) is 2.84. The maximum Gasteiger partial charge on any atom is 0.253 e. The molecule has 0 radical (unpaired) electrons. The molecule has 188 valence electrons. The van der Waals surface area contributed by atoms with Crippen molar-refractivity contribution in [1.29, 1.82) is 0 Å². The van der Waals surface area contributed by atoms with Crippen LogP contribution in [0.4, 0.5) is 5.69 Å². The molecular formula is C26H33N3O5S. The van der Waals surface area contributed by atoms with Crippen molar-refractivity contribution in [3.8, 4) is 0 Å². The molecule has 0 aromatic heterocycles. The molecule has 4 rings (SSSR count). The van der Waals surface area contributed by atoms with Gasteiger partial charge in [-0.1, -0.05) is 36.4 Å². The van der Waals surface area contributed by atoms with Gasteiger partial charge in [-0.2, -0.15) is 0 Å². The molecule has 35 heavy (non-hydrogen) atoms. The predicted molar refractivity (Wildman–Crippen MR) is 134 cm³/mol. The molecule has 0 unspecified atom stereocenters. The fraction of sp³-hybridized carbons (Fsp3) is 0.462. The van der Waals surface area contributed by atoms with Crippen LogP contribution >= 0.6 is 0 Å². The number of rotatable bonds is 8. The first-order chi connectivity index (χ1) is 16.8. The molecule has 0 bridgehead atoms. The maximum atomic E-state index is 13.0. The molecule has 2 aromatic rings. The highest BCUT2D eigenvalue weighted by Crippen LogP contribution is 2.25. The minimum atomic E-state index is -3.46.